The average molecular weight is 166 g/mol. The first-order chi connectivity index (χ1) is 5.57. The Morgan fingerprint density at radius 3 is 2.33 bits per heavy atom. The van der Waals surface area contributed by atoms with Gasteiger partial charge in [0.2, 0.25) is 0 Å². The van der Waals surface area contributed by atoms with Gasteiger partial charge in [-0.05, 0) is 18.9 Å². The number of hydrogen-bond donors (Lipinski definition) is 0. The monoisotopic (exact) mass is 166 g/mol. The lowest BCUT2D eigenvalue weighted by molar-refractivity contribution is 0.244. The summed E-state index contributed by atoms with van der Waals surface area (Å²) in [6, 6.07) is 0. The summed E-state index contributed by atoms with van der Waals surface area (Å²) in [7, 11) is 0. The van der Waals surface area contributed by atoms with Crippen LogP contribution in [0.2, 0.25) is 0 Å². The van der Waals surface area contributed by atoms with Crippen LogP contribution in [0.1, 0.15) is 20.8 Å². The summed E-state index contributed by atoms with van der Waals surface area (Å²) in [5.74, 6) is 1.18. The van der Waals surface area contributed by atoms with Crippen molar-refractivity contribution in [3.63, 3.8) is 0 Å². The van der Waals surface area contributed by atoms with Crippen molar-refractivity contribution in [2.24, 2.45) is 5.92 Å². The highest BCUT2D eigenvalue weighted by Gasteiger charge is 1.94. The molecular formula is C11H18O. The predicted molar refractivity (Wildman–Crippen MR) is 53.9 cm³/mol. The second-order valence-electron chi connectivity index (χ2n) is 2.96. The van der Waals surface area contributed by atoms with Crippen molar-refractivity contribution in [1.82, 2.24) is 0 Å². The van der Waals surface area contributed by atoms with Gasteiger partial charge < -0.3 is 4.74 Å². The Bertz CT molecular complexity index is 187. The van der Waals surface area contributed by atoms with Crippen LogP contribution < -0.4 is 0 Å². The van der Waals surface area contributed by atoms with Crippen LogP contribution in [0.3, 0.4) is 0 Å². The number of hydrogen-bond acceptors (Lipinski definition) is 1. The van der Waals surface area contributed by atoms with Gasteiger partial charge in [0.05, 0.1) is 6.61 Å². The van der Waals surface area contributed by atoms with Crippen molar-refractivity contribution >= 4 is 0 Å². The molecule has 0 N–H and O–H groups in total. The first kappa shape index (κ1) is 11.0. The molecular weight excluding hydrogens is 148 g/mol. The standard InChI is InChI=1S/C11H18O/c1-6-12-11(5)8-7-10(4)9(2)3/h7-9H,4-6H2,1-3H3/b8-7-. The third kappa shape index (κ3) is 4.78. The van der Waals surface area contributed by atoms with Crippen LogP contribution in [-0.4, -0.2) is 6.61 Å². The van der Waals surface area contributed by atoms with Crippen LogP contribution in [0.15, 0.2) is 36.6 Å². The van der Waals surface area contributed by atoms with Gasteiger partial charge in [-0.2, -0.15) is 0 Å². The van der Waals surface area contributed by atoms with Gasteiger partial charge in [-0.3, -0.25) is 0 Å². The summed E-state index contributed by atoms with van der Waals surface area (Å²) in [5, 5.41) is 0. The van der Waals surface area contributed by atoms with Gasteiger partial charge in [0.1, 0.15) is 5.76 Å². The van der Waals surface area contributed by atoms with Gasteiger partial charge in [0.25, 0.3) is 0 Å². The molecule has 0 rings (SSSR count). The van der Waals surface area contributed by atoms with Crippen LogP contribution in [0.4, 0.5) is 0 Å². The van der Waals surface area contributed by atoms with Crippen LogP contribution in [0.5, 0.6) is 0 Å². The number of ether oxygens (including phenoxy) is 1. The maximum atomic E-state index is 5.15. The van der Waals surface area contributed by atoms with E-state index >= 15 is 0 Å². The van der Waals surface area contributed by atoms with Crippen molar-refractivity contribution in [3.8, 4) is 0 Å². The van der Waals surface area contributed by atoms with E-state index in [0.29, 0.717) is 18.3 Å². The average Bonchev–Trinajstić information content (AvgIpc) is 2.00. The molecule has 0 saturated heterocycles. The quantitative estimate of drug-likeness (QED) is 0.450. The zero-order chi connectivity index (χ0) is 9.56. The van der Waals surface area contributed by atoms with Gasteiger partial charge in [-0.15, -0.1) is 0 Å². The molecule has 0 aromatic rings. The molecule has 0 aliphatic rings. The van der Waals surface area contributed by atoms with Crippen molar-refractivity contribution in [3.05, 3.63) is 36.6 Å². The van der Waals surface area contributed by atoms with E-state index in [1.807, 2.05) is 19.1 Å². The van der Waals surface area contributed by atoms with E-state index in [-0.39, 0.29) is 0 Å². The smallest absolute Gasteiger partial charge is 0.112 e. The fourth-order valence-electron chi connectivity index (χ4n) is 0.626. The van der Waals surface area contributed by atoms with Crippen molar-refractivity contribution in [1.29, 1.82) is 0 Å². The van der Waals surface area contributed by atoms with Gasteiger partial charge in [-0.1, -0.05) is 38.7 Å². The highest BCUT2D eigenvalue weighted by Crippen LogP contribution is 2.09. The molecule has 0 bridgehead atoms. The molecule has 0 saturated carbocycles. The molecule has 0 aliphatic carbocycles. The van der Waals surface area contributed by atoms with Crippen LogP contribution in [0, 0.1) is 5.92 Å². The molecule has 0 atom stereocenters. The van der Waals surface area contributed by atoms with E-state index in [1.54, 1.807) is 0 Å². The Hall–Kier alpha value is -0.980. The Morgan fingerprint density at radius 1 is 1.33 bits per heavy atom. The predicted octanol–water partition coefficient (Wildman–Crippen LogP) is 3.31. The molecule has 1 heteroatoms. The molecule has 0 unspecified atom stereocenters. The van der Waals surface area contributed by atoms with Gasteiger partial charge >= 0.3 is 0 Å². The van der Waals surface area contributed by atoms with Gasteiger partial charge in [-0.25, -0.2) is 0 Å². The summed E-state index contributed by atoms with van der Waals surface area (Å²) >= 11 is 0. The zero-order valence-electron chi connectivity index (χ0n) is 8.26. The van der Waals surface area contributed by atoms with E-state index in [1.165, 1.54) is 0 Å². The molecule has 0 aliphatic heterocycles. The van der Waals surface area contributed by atoms with E-state index in [2.05, 4.69) is 27.0 Å². The fourth-order valence-corrected chi connectivity index (χ4v) is 0.626. The van der Waals surface area contributed by atoms with E-state index in [4.69, 9.17) is 4.74 Å². The van der Waals surface area contributed by atoms with E-state index < -0.39 is 0 Å². The highest BCUT2D eigenvalue weighted by molar-refractivity contribution is 5.22. The maximum absolute atomic E-state index is 5.15. The van der Waals surface area contributed by atoms with E-state index in [0.717, 1.165) is 5.57 Å². The Balaban J connectivity index is 3.90. The minimum atomic E-state index is 0.482. The number of allylic oxidation sites excluding steroid dienone is 3. The molecule has 68 valence electrons. The normalized spacial score (nSPS) is 10.7. The minimum absolute atomic E-state index is 0.482. The van der Waals surface area contributed by atoms with Gasteiger partial charge in [0.15, 0.2) is 0 Å². The first-order valence-corrected chi connectivity index (χ1v) is 4.26. The topological polar surface area (TPSA) is 9.23 Å². The molecule has 0 aromatic heterocycles. The second kappa shape index (κ2) is 5.64. The van der Waals surface area contributed by atoms with Crippen LogP contribution >= 0.6 is 0 Å². The third-order valence-corrected chi connectivity index (χ3v) is 1.55. The molecule has 0 radical (unpaired) electrons. The summed E-state index contributed by atoms with van der Waals surface area (Å²) in [4.78, 5) is 0. The lowest BCUT2D eigenvalue weighted by Gasteiger charge is -2.04. The molecule has 0 amide bonds. The fraction of sp³-hybridized carbons (Fsp3) is 0.455. The lowest BCUT2D eigenvalue weighted by Crippen LogP contribution is -1.89. The molecule has 12 heavy (non-hydrogen) atoms. The number of rotatable bonds is 5. The Kier molecular flexibility index (Phi) is 5.18. The summed E-state index contributed by atoms with van der Waals surface area (Å²) in [6.07, 6.45) is 3.80. The van der Waals surface area contributed by atoms with Crippen molar-refractivity contribution in [2.45, 2.75) is 20.8 Å². The Labute approximate surface area is 75.4 Å². The van der Waals surface area contributed by atoms with Gasteiger partial charge in [0, 0.05) is 0 Å². The molecule has 0 fully saturated rings. The Morgan fingerprint density at radius 2 is 1.92 bits per heavy atom. The minimum Gasteiger partial charge on any atom is -0.495 e. The molecule has 0 spiro atoms. The molecule has 0 aromatic carbocycles. The van der Waals surface area contributed by atoms with Crippen LogP contribution in [0.25, 0.3) is 0 Å². The highest BCUT2D eigenvalue weighted by atomic mass is 16.5. The van der Waals surface area contributed by atoms with Crippen LogP contribution in [-0.2, 0) is 4.74 Å². The first-order valence-electron chi connectivity index (χ1n) is 4.26. The third-order valence-electron chi connectivity index (χ3n) is 1.55. The summed E-state index contributed by atoms with van der Waals surface area (Å²) in [6.45, 7) is 14.4. The van der Waals surface area contributed by atoms with E-state index in [9.17, 15) is 0 Å². The van der Waals surface area contributed by atoms with Crippen molar-refractivity contribution < 1.29 is 4.74 Å². The molecule has 0 heterocycles. The second-order valence-corrected chi connectivity index (χ2v) is 2.96. The summed E-state index contributed by atoms with van der Waals surface area (Å²) in [5.41, 5.74) is 1.09. The largest absolute Gasteiger partial charge is 0.495 e. The zero-order valence-corrected chi connectivity index (χ0v) is 8.26. The maximum Gasteiger partial charge on any atom is 0.112 e. The molecule has 1 nitrogen and oxygen atoms in total. The SMILES string of the molecule is C=C(/C=C\C(=C)C(C)C)OCC. The van der Waals surface area contributed by atoms with Crippen molar-refractivity contribution in [2.75, 3.05) is 6.61 Å². The summed E-state index contributed by atoms with van der Waals surface area (Å²) < 4.78 is 5.15. The lowest BCUT2D eigenvalue weighted by atomic mass is 10.1.